The van der Waals surface area contributed by atoms with Gasteiger partial charge in [-0.3, -0.25) is 4.79 Å². The van der Waals surface area contributed by atoms with Crippen molar-refractivity contribution in [3.63, 3.8) is 0 Å². The molecule has 2 rings (SSSR count). The van der Waals surface area contributed by atoms with Crippen molar-refractivity contribution in [2.45, 2.75) is 44.2 Å². The molecular weight excluding hydrogens is 242 g/mol. The molecule has 0 aliphatic carbocycles. The Kier molecular flexibility index (Phi) is 5.60. The standard InChI is InChI=1S/C14H27N3O2/c1-19-14(18)13(15)11-16-9-5-12(6-10-16)17-7-3-2-4-8-17/h12-13H,2-11,15H2,1H3. The number of nitrogens with zero attached hydrogens (tertiary/aromatic N) is 2. The van der Waals surface area contributed by atoms with Gasteiger partial charge < -0.3 is 20.3 Å². The van der Waals surface area contributed by atoms with E-state index in [4.69, 9.17) is 5.73 Å². The molecule has 1 unspecified atom stereocenters. The van der Waals surface area contributed by atoms with Crippen molar-refractivity contribution < 1.29 is 9.53 Å². The minimum absolute atomic E-state index is 0.307. The number of hydrogen-bond acceptors (Lipinski definition) is 5. The molecule has 5 nitrogen and oxygen atoms in total. The molecule has 2 fully saturated rings. The van der Waals surface area contributed by atoms with Crippen molar-refractivity contribution in [3.8, 4) is 0 Å². The highest BCUT2D eigenvalue weighted by Crippen LogP contribution is 2.20. The van der Waals surface area contributed by atoms with Crippen LogP contribution in [0.2, 0.25) is 0 Å². The van der Waals surface area contributed by atoms with Gasteiger partial charge in [0.05, 0.1) is 7.11 Å². The number of likely N-dealkylation sites (tertiary alicyclic amines) is 2. The Morgan fingerprint density at radius 1 is 1.21 bits per heavy atom. The predicted octanol–water partition coefficient (Wildman–Crippen LogP) is 0.437. The summed E-state index contributed by atoms with van der Waals surface area (Å²) in [5.41, 5.74) is 5.81. The van der Waals surface area contributed by atoms with Gasteiger partial charge >= 0.3 is 5.97 Å². The van der Waals surface area contributed by atoms with Gasteiger partial charge in [-0.05, 0) is 51.9 Å². The number of hydrogen-bond donors (Lipinski definition) is 1. The van der Waals surface area contributed by atoms with Crippen LogP contribution in [0.3, 0.4) is 0 Å². The number of methoxy groups -OCH3 is 1. The monoisotopic (exact) mass is 269 g/mol. The lowest BCUT2D eigenvalue weighted by molar-refractivity contribution is -0.142. The minimum atomic E-state index is -0.503. The third-order valence-electron chi connectivity index (χ3n) is 4.42. The molecule has 0 saturated carbocycles. The van der Waals surface area contributed by atoms with E-state index in [0.717, 1.165) is 19.1 Å². The Labute approximate surface area is 116 Å². The Hall–Kier alpha value is -0.650. The smallest absolute Gasteiger partial charge is 0.323 e. The lowest BCUT2D eigenvalue weighted by Gasteiger charge is -2.40. The van der Waals surface area contributed by atoms with Crippen LogP contribution in [-0.4, -0.2) is 67.7 Å². The third kappa shape index (κ3) is 4.16. The van der Waals surface area contributed by atoms with E-state index in [0.29, 0.717) is 6.54 Å². The molecule has 2 aliphatic heterocycles. The van der Waals surface area contributed by atoms with Gasteiger partial charge in [-0.15, -0.1) is 0 Å². The van der Waals surface area contributed by atoms with Crippen LogP contribution in [0.5, 0.6) is 0 Å². The maximum atomic E-state index is 11.3. The van der Waals surface area contributed by atoms with E-state index < -0.39 is 6.04 Å². The molecule has 0 aromatic heterocycles. The number of rotatable bonds is 4. The van der Waals surface area contributed by atoms with E-state index in [1.807, 2.05) is 0 Å². The van der Waals surface area contributed by atoms with Gasteiger partial charge in [0.2, 0.25) is 0 Å². The fourth-order valence-corrected chi connectivity index (χ4v) is 3.25. The lowest BCUT2D eigenvalue weighted by Crippen LogP contribution is -2.50. The molecule has 110 valence electrons. The largest absolute Gasteiger partial charge is 0.468 e. The van der Waals surface area contributed by atoms with E-state index in [-0.39, 0.29) is 5.97 Å². The SMILES string of the molecule is COC(=O)C(N)CN1CCC(N2CCCCC2)CC1. The normalized spacial score (nSPS) is 25.2. The molecular formula is C14H27N3O2. The first kappa shape index (κ1) is 14.8. The van der Waals surface area contributed by atoms with Crippen LogP contribution in [0, 0.1) is 0 Å². The fraction of sp³-hybridized carbons (Fsp3) is 0.929. The van der Waals surface area contributed by atoms with Crippen LogP contribution in [0.15, 0.2) is 0 Å². The maximum Gasteiger partial charge on any atom is 0.323 e. The van der Waals surface area contributed by atoms with E-state index >= 15 is 0 Å². The molecule has 0 aromatic carbocycles. The molecule has 2 heterocycles. The van der Waals surface area contributed by atoms with E-state index in [1.165, 1.54) is 52.3 Å². The van der Waals surface area contributed by atoms with E-state index in [9.17, 15) is 4.79 Å². The van der Waals surface area contributed by atoms with E-state index in [1.54, 1.807) is 0 Å². The fourth-order valence-electron chi connectivity index (χ4n) is 3.25. The summed E-state index contributed by atoms with van der Waals surface area (Å²) >= 11 is 0. The zero-order chi connectivity index (χ0) is 13.7. The molecule has 0 spiro atoms. The first-order valence-corrected chi connectivity index (χ1v) is 7.50. The topological polar surface area (TPSA) is 58.8 Å². The molecule has 1 atom stereocenters. The van der Waals surface area contributed by atoms with Crippen LogP contribution in [-0.2, 0) is 9.53 Å². The Morgan fingerprint density at radius 2 is 1.84 bits per heavy atom. The van der Waals surface area contributed by atoms with Crippen LogP contribution in [0.25, 0.3) is 0 Å². The molecule has 5 heteroatoms. The summed E-state index contributed by atoms with van der Waals surface area (Å²) in [4.78, 5) is 16.3. The van der Waals surface area contributed by atoms with Crippen LogP contribution >= 0.6 is 0 Å². The average molecular weight is 269 g/mol. The molecule has 0 amide bonds. The number of ether oxygens (including phenoxy) is 1. The highest BCUT2D eigenvalue weighted by atomic mass is 16.5. The van der Waals surface area contributed by atoms with Gasteiger partial charge in [-0.2, -0.15) is 0 Å². The summed E-state index contributed by atoms with van der Waals surface area (Å²) in [7, 11) is 1.39. The van der Waals surface area contributed by atoms with Gasteiger partial charge in [0.25, 0.3) is 0 Å². The number of esters is 1. The second-order valence-corrected chi connectivity index (χ2v) is 5.76. The first-order chi connectivity index (χ1) is 9.20. The minimum Gasteiger partial charge on any atom is -0.468 e. The highest BCUT2D eigenvalue weighted by Gasteiger charge is 2.27. The average Bonchev–Trinajstić information content (AvgIpc) is 2.48. The van der Waals surface area contributed by atoms with Gasteiger partial charge in [-0.1, -0.05) is 6.42 Å². The maximum absolute atomic E-state index is 11.3. The number of carbonyl (C=O) groups excluding carboxylic acids is 1. The molecule has 2 saturated heterocycles. The Morgan fingerprint density at radius 3 is 2.42 bits per heavy atom. The van der Waals surface area contributed by atoms with E-state index in [2.05, 4.69) is 14.5 Å². The summed E-state index contributed by atoms with van der Waals surface area (Å²) in [5, 5.41) is 0. The van der Waals surface area contributed by atoms with Gasteiger partial charge in [0.15, 0.2) is 0 Å². The van der Waals surface area contributed by atoms with Crippen molar-refractivity contribution in [1.82, 2.24) is 9.80 Å². The Balaban J connectivity index is 1.71. The number of nitrogens with two attached hydrogens (primary N) is 1. The summed E-state index contributed by atoms with van der Waals surface area (Å²) in [6.07, 6.45) is 6.51. The van der Waals surface area contributed by atoms with Crippen molar-refractivity contribution in [2.24, 2.45) is 5.73 Å². The first-order valence-electron chi connectivity index (χ1n) is 7.50. The third-order valence-corrected chi connectivity index (χ3v) is 4.42. The molecule has 0 radical (unpaired) electrons. The molecule has 0 bridgehead atoms. The molecule has 2 N–H and O–H groups in total. The van der Waals surface area contributed by atoms with Gasteiger partial charge in [0.1, 0.15) is 6.04 Å². The molecule has 19 heavy (non-hydrogen) atoms. The van der Waals surface area contributed by atoms with Crippen molar-refractivity contribution in [3.05, 3.63) is 0 Å². The van der Waals surface area contributed by atoms with Gasteiger partial charge in [-0.25, -0.2) is 0 Å². The molecule has 0 aromatic rings. The lowest BCUT2D eigenvalue weighted by atomic mass is 9.99. The van der Waals surface area contributed by atoms with Crippen LogP contribution in [0.1, 0.15) is 32.1 Å². The van der Waals surface area contributed by atoms with Crippen LogP contribution < -0.4 is 5.73 Å². The number of carbonyl (C=O) groups is 1. The quantitative estimate of drug-likeness (QED) is 0.750. The highest BCUT2D eigenvalue weighted by molar-refractivity contribution is 5.75. The van der Waals surface area contributed by atoms with Crippen molar-refractivity contribution >= 4 is 5.97 Å². The number of piperidine rings is 2. The predicted molar refractivity (Wildman–Crippen MR) is 74.9 cm³/mol. The second kappa shape index (κ2) is 7.22. The zero-order valence-corrected chi connectivity index (χ0v) is 12.0. The summed E-state index contributed by atoms with van der Waals surface area (Å²) in [6, 6.07) is 0.238. The second-order valence-electron chi connectivity index (χ2n) is 5.76. The molecule has 2 aliphatic rings. The van der Waals surface area contributed by atoms with Crippen molar-refractivity contribution in [1.29, 1.82) is 0 Å². The summed E-state index contributed by atoms with van der Waals surface area (Å²) < 4.78 is 4.67. The van der Waals surface area contributed by atoms with Gasteiger partial charge in [0, 0.05) is 12.6 Å². The zero-order valence-electron chi connectivity index (χ0n) is 12.0. The Bertz CT molecular complexity index is 284. The summed E-state index contributed by atoms with van der Waals surface area (Å²) in [5.74, 6) is -0.307. The van der Waals surface area contributed by atoms with Crippen molar-refractivity contribution in [2.75, 3.05) is 39.8 Å². The van der Waals surface area contributed by atoms with Crippen LogP contribution in [0.4, 0.5) is 0 Å². The summed E-state index contributed by atoms with van der Waals surface area (Å²) in [6.45, 7) is 5.26.